The lowest BCUT2D eigenvalue weighted by Gasteiger charge is -2.17. The summed E-state index contributed by atoms with van der Waals surface area (Å²) in [5, 5.41) is 22.1. The molecule has 5 heteroatoms. The fourth-order valence-electron chi connectivity index (χ4n) is 1.12. The standard InChI is InChI=1S/C11H9N3O2/c1-8(11(15)16)14(13-2)10-5-3-4-9(6-10)7-12/h3-6H,1-2H2,(H,15,16). The number of nitrogens with zero attached hydrogens (tertiary/aromatic N) is 3. The second-order valence-electron chi connectivity index (χ2n) is 2.87. The third kappa shape index (κ3) is 2.25. The molecule has 0 saturated heterocycles. The van der Waals surface area contributed by atoms with Crippen molar-refractivity contribution in [1.82, 2.24) is 0 Å². The van der Waals surface area contributed by atoms with Gasteiger partial charge in [-0.05, 0) is 18.2 Å². The average Bonchev–Trinajstić information content (AvgIpc) is 2.30. The summed E-state index contributed by atoms with van der Waals surface area (Å²) in [6.45, 7) is 6.63. The summed E-state index contributed by atoms with van der Waals surface area (Å²) in [4.78, 5) is 10.7. The molecule has 0 saturated carbocycles. The van der Waals surface area contributed by atoms with Crippen LogP contribution >= 0.6 is 0 Å². The molecular weight excluding hydrogens is 206 g/mol. The van der Waals surface area contributed by atoms with Gasteiger partial charge in [-0.25, -0.2) is 9.80 Å². The molecule has 0 atom stereocenters. The Morgan fingerprint density at radius 1 is 1.56 bits per heavy atom. The molecular formula is C11H9N3O2. The van der Waals surface area contributed by atoms with Crippen molar-refractivity contribution in [2.45, 2.75) is 0 Å². The Balaban J connectivity index is 3.14. The summed E-state index contributed by atoms with van der Waals surface area (Å²) in [7, 11) is 0. The normalized spacial score (nSPS) is 8.94. The number of carbonyl (C=O) groups is 1. The molecule has 0 spiro atoms. The molecule has 5 nitrogen and oxygen atoms in total. The quantitative estimate of drug-likeness (QED) is 0.470. The number of hydrogen-bond donors (Lipinski definition) is 1. The van der Waals surface area contributed by atoms with E-state index in [9.17, 15) is 4.79 Å². The molecule has 16 heavy (non-hydrogen) atoms. The first-order chi connectivity index (χ1) is 7.60. The summed E-state index contributed by atoms with van der Waals surface area (Å²) in [6.07, 6.45) is 0. The zero-order chi connectivity index (χ0) is 12.1. The van der Waals surface area contributed by atoms with Crippen LogP contribution in [0.15, 0.2) is 41.6 Å². The summed E-state index contributed by atoms with van der Waals surface area (Å²) in [5.41, 5.74) is 0.607. The van der Waals surface area contributed by atoms with E-state index in [1.165, 1.54) is 6.07 Å². The molecule has 0 aliphatic rings. The van der Waals surface area contributed by atoms with Crippen molar-refractivity contribution < 1.29 is 9.90 Å². The largest absolute Gasteiger partial charge is 0.477 e. The maximum Gasteiger partial charge on any atom is 0.353 e. The van der Waals surface area contributed by atoms with Crippen molar-refractivity contribution in [1.29, 1.82) is 5.26 Å². The minimum absolute atomic E-state index is 0.231. The van der Waals surface area contributed by atoms with Crippen molar-refractivity contribution in [3.05, 3.63) is 42.1 Å². The molecule has 0 amide bonds. The van der Waals surface area contributed by atoms with Gasteiger partial charge in [-0.3, -0.25) is 0 Å². The van der Waals surface area contributed by atoms with E-state index in [0.717, 1.165) is 5.01 Å². The Morgan fingerprint density at radius 3 is 2.75 bits per heavy atom. The number of hydrogen-bond acceptors (Lipinski definition) is 4. The first-order valence-electron chi connectivity index (χ1n) is 4.29. The van der Waals surface area contributed by atoms with E-state index in [1.807, 2.05) is 6.07 Å². The Hall–Kier alpha value is -2.61. The lowest BCUT2D eigenvalue weighted by molar-refractivity contribution is -0.132. The highest BCUT2D eigenvalue weighted by Crippen LogP contribution is 2.19. The monoisotopic (exact) mass is 215 g/mol. The molecule has 1 aromatic rings. The topological polar surface area (TPSA) is 76.7 Å². The van der Waals surface area contributed by atoms with E-state index in [4.69, 9.17) is 10.4 Å². The maximum absolute atomic E-state index is 10.7. The number of benzene rings is 1. The number of nitriles is 1. The van der Waals surface area contributed by atoms with Crippen molar-refractivity contribution in [3.63, 3.8) is 0 Å². The number of anilines is 1. The van der Waals surface area contributed by atoms with Gasteiger partial charge >= 0.3 is 5.97 Å². The predicted octanol–water partition coefficient (Wildman–Crippen LogP) is 1.58. The van der Waals surface area contributed by atoms with Gasteiger partial charge in [0.15, 0.2) is 0 Å². The van der Waals surface area contributed by atoms with E-state index < -0.39 is 5.97 Å². The number of carboxylic acid groups (broad SMARTS) is 1. The lowest BCUT2D eigenvalue weighted by atomic mass is 10.2. The highest BCUT2D eigenvalue weighted by Gasteiger charge is 2.14. The van der Waals surface area contributed by atoms with Gasteiger partial charge in [0.05, 0.1) is 17.3 Å². The minimum Gasteiger partial charge on any atom is -0.477 e. The lowest BCUT2D eigenvalue weighted by Crippen LogP contribution is -2.20. The summed E-state index contributed by atoms with van der Waals surface area (Å²) >= 11 is 0. The molecule has 1 N–H and O–H groups in total. The summed E-state index contributed by atoms with van der Waals surface area (Å²) in [5.74, 6) is -1.20. The van der Waals surface area contributed by atoms with Crippen LogP contribution in [0.25, 0.3) is 0 Å². The van der Waals surface area contributed by atoms with Gasteiger partial charge in [-0.2, -0.15) is 10.4 Å². The molecule has 0 aromatic heterocycles. The average molecular weight is 215 g/mol. The fraction of sp³-hybridized carbons (Fsp3) is 0. The number of aliphatic carboxylic acids is 1. The number of rotatable bonds is 4. The van der Waals surface area contributed by atoms with Gasteiger partial charge in [-0.15, -0.1) is 0 Å². The van der Waals surface area contributed by atoms with E-state index in [-0.39, 0.29) is 5.70 Å². The van der Waals surface area contributed by atoms with Crippen molar-refractivity contribution >= 4 is 18.4 Å². The second-order valence-corrected chi connectivity index (χ2v) is 2.87. The van der Waals surface area contributed by atoms with Crippen molar-refractivity contribution in [2.75, 3.05) is 5.01 Å². The van der Waals surface area contributed by atoms with E-state index >= 15 is 0 Å². The molecule has 1 aromatic carbocycles. The van der Waals surface area contributed by atoms with Crippen LogP contribution in [0.2, 0.25) is 0 Å². The van der Waals surface area contributed by atoms with Gasteiger partial charge in [0, 0.05) is 6.72 Å². The van der Waals surface area contributed by atoms with Crippen LogP contribution < -0.4 is 5.01 Å². The Bertz CT molecular complexity index is 488. The minimum atomic E-state index is -1.20. The van der Waals surface area contributed by atoms with Crippen LogP contribution in [0.1, 0.15) is 5.56 Å². The Kier molecular flexibility index (Phi) is 3.41. The molecule has 1 rings (SSSR count). The third-order valence-corrected chi connectivity index (χ3v) is 1.86. The first kappa shape index (κ1) is 11.5. The van der Waals surface area contributed by atoms with Crippen LogP contribution in [0.3, 0.4) is 0 Å². The fourth-order valence-corrected chi connectivity index (χ4v) is 1.12. The van der Waals surface area contributed by atoms with Gasteiger partial charge in [0.1, 0.15) is 5.70 Å². The number of carboxylic acids is 1. The zero-order valence-electron chi connectivity index (χ0n) is 8.42. The third-order valence-electron chi connectivity index (χ3n) is 1.86. The van der Waals surface area contributed by atoms with Crippen LogP contribution in [0.5, 0.6) is 0 Å². The van der Waals surface area contributed by atoms with E-state index in [1.54, 1.807) is 18.2 Å². The maximum atomic E-state index is 10.7. The van der Waals surface area contributed by atoms with Crippen molar-refractivity contribution in [3.8, 4) is 6.07 Å². The molecule has 0 aliphatic carbocycles. The van der Waals surface area contributed by atoms with E-state index in [0.29, 0.717) is 11.3 Å². The molecule has 0 radical (unpaired) electrons. The predicted molar refractivity (Wildman–Crippen MR) is 60.0 cm³/mol. The molecule has 0 bridgehead atoms. The van der Waals surface area contributed by atoms with Gasteiger partial charge in [0.25, 0.3) is 0 Å². The number of hydrazone groups is 1. The Labute approximate surface area is 92.5 Å². The van der Waals surface area contributed by atoms with Crippen molar-refractivity contribution in [2.24, 2.45) is 5.10 Å². The first-order valence-corrected chi connectivity index (χ1v) is 4.29. The smallest absolute Gasteiger partial charge is 0.353 e. The van der Waals surface area contributed by atoms with Gasteiger partial charge < -0.3 is 5.11 Å². The van der Waals surface area contributed by atoms with Crippen LogP contribution in [-0.2, 0) is 4.79 Å². The Morgan fingerprint density at radius 2 is 2.25 bits per heavy atom. The second kappa shape index (κ2) is 4.75. The van der Waals surface area contributed by atoms with Gasteiger partial charge in [-0.1, -0.05) is 12.6 Å². The molecule has 0 fully saturated rings. The molecule has 0 aliphatic heterocycles. The van der Waals surface area contributed by atoms with Crippen LogP contribution in [0.4, 0.5) is 5.69 Å². The highest BCUT2D eigenvalue weighted by atomic mass is 16.4. The molecule has 80 valence electrons. The summed E-state index contributed by atoms with van der Waals surface area (Å²) in [6, 6.07) is 8.30. The summed E-state index contributed by atoms with van der Waals surface area (Å²) < 4.78 is 0. The highest BCUT2D eigenvalue weighted by molar-refractivity contribution is 5.90. The van der Waals surface area contributed by atoms with Crippen LogP contribution in [-0.4, -0.2) is 17.8 Å². The SMILES string of the molecule is C=NN(C(=C)C(=O)O)c1cccc(C#N)c1. The van der Waals surface area contributed by atoms with Gasteiger partial charge in [0.2, 0.25) is 0 Å². The van der Waals surface area contributed by atoms with Crippen LogP contribution in [0, 0.1) is 11.3 Å². The molecule has 0 unspecified atom stereocenters. The zero-order valence-corrected chi connectivity index (χ0v) is 8.42. The molecule has 0 heterocycles. The van der Waals surface area contributed by atoms with E-state index in [2.05, 4.69) is 18.4 Å².